The highest BCUT2D eigenvalue weighted by atomic mass is 35.5. The van der Waals surface area contributed by atoms with Crippen LogP contribution in [0.5, 0.6) is 0 Å². The first-order chi connectivity index (χ1) is 8.76. The summed E-state index contributed by atoms with van der Waals surface area (Å²) in [6, 6.07) is 3.94. The molecule has 1 unspecified atom stereocenters. The number of nitrogens with zero attached hydrogens (tertiary/aromatic N) is 3. The van der Waals surface area contributed by atoms with Crippen molar-refractivity contribution in [3.05, 3.63) is 24.2 Å². The molecule has 18 heavy (non-hydrogen) atoms. The minimum absolute atomic E-state index is 0.597. The van der Waals surface area contributed by atoms with E-state index in [9.17, 15) is 0 Å². The maximum absolute atomic E-state index is 5.86. The van der Waals surface area contributed by atoms with E-state index in [2.05, 4.69) is 27.7 Å². The fourth-order valence-electron chi connectivity index (χ4n) is 2.12. The summed E-state index contributed by atoms with van der Waals surface area (Å²) in [6.45, 7) is 3.22. The minimum atomic E-state index is 0.597. The van der Waals surface area contributed by atoms with Gasteiger partial charge in [-0.3, -0.25) is 0 Å². The monoisotopic (exact) mass is 283 g/mol. The van der Waals surface area contributed by atoms with Crippen molar-refractivity contribution >= 4 is 34.5 Å². The number of aromatic nitrogens is 3. The topological polar surface area (TPSA) is 30.7 Å². The fourth-order valence-corrected chi connectivity index (χ4v) is 2.96. The van der Waals surface area contributed by atoms with Crippen molar-refractivity contribution in [3.8, 4) is 0 Å². The second kappa shape index (κ2) is 6.43. The Morgan fingerprint density at radius 1 is 1.50 bits per heavy atom. The van der Waals surface area contributed by atoms with Gasteiger partial charge in [0.2, 0.25) is 0 Å². The van der Waals surface area contributed by atoms with Crippen LogP contribution >= 0.6 is 23.4 Å². The average molecular weight is 284 g/mol. The Kier molecular flexibility index (Phi) is 4.89. The molecule has 2 rings (SSSR count). The van der Waals surface area contributed by atoms with Gasteiger partial charge in [-0.25, -0.2) is 9.97 Å². The lowest BCUT2D eigenvalue weighted by molar-refractivity contribution is 0.524. The molecule has 98 valence electrons. The van der Waals surface area contributed by atoms with Crippen LogP contribution in [0, 0.1) is 5.92 Å². The highest BCUT2D eigenvalue weighted by Gasteiger charge is 2.13. The first-order valence-corrected chi connectivity index (χ1v) is 8.04. The van der Waals surface area contributed by atoms with E-state index in [0.29, 0.717) is 11.8 Å². The Balaban J connectivity index is 2.35. The van der Waals surface area contributed by atoms with Crippen molar-refractivity contribution in [2.45, 2.75) is 19.9 Å². The predicted molar refractivity (Wildman–Crippen MR) is 79.5 cm³/mol. The number of pyridine rings is 1. The zero-order chi connectivity index (χ0) is 13.0. The zero-order valence-corrected chi connectivity index (χ0v) is 12.3. The van der Waals surface area contributed by atoms with Crippen molar-refractivity contribution in [1.82, 2.24) is 14.5 Å². The number of aryl methyl sites for hydroxylation is 1. The summed E-state index contributed by atoms with van der Waals surface area (Å²) in [5, 5.41) is 0. The van der Waals surface area contributed by atoms with E-state index in [-0.39, 0.29) is 0 Å². The Morgan fingerprint density at radius 2 is 2.33 bits per heavy atom. The second-order valence-corrected chi connectivity index (χ2v) is 5.77. The molecule has 2 aromatic heterocycles. The smallest absolute Gasteiger partial charge is 0.159 e. The van der Waals surface area contributed by atoms with Gasteiger partial charge in [0.1, 0.15) is 11.3 Å². The summed E-state index contributed by atoms with van der Waals surface area (Å²) in [6.07, 6.45) is 4.76. The quantitative estimate of drug-likeness (QED) is 0.763. The van der Waals surface area contributed by atoms with Gasteiger partial charge in [0.05, 0.1) is 0 Å². The summed E-state index contributed by atoms with van der Waals surface area (Å²) in [4.78, 5) is 9.07. The van der Waals surface area contributed by atoms with Gasteiger partial charge in [-0.2, -0.15) is 11.8 Å². The van der Waals surface area contributed by atoms with Crippen LogP contribution in [0.1, 0.15) is 12.7 Å². The Bertz CT molecular complexity index is 512. The molecule has 0 amide bonds. The van der Waals surface area contributed by atoms with Crippen molar-refractivity contribution in [2.75, 3.05) is 17.9 Å². The summed E-state index contributed by atoms with van der Waals surface area (Å²) in [7, 11) is 0. The number of rotatable bonds is 6. The molecule has 0 N–H and O–H groups in total. The van der Waals surface area contributed by atoms with Crippen LogP contribution in [0.3, 0.4) is 0 Å². The van der Waals surface area contributed by atoms with Crippen LogP contribution in [-0.4, -0.2) is 32.4 Å². The molecule has 0 radical (unpaired) electrons. The largest absolute Gasteiger partial charge is 0.312 e. The molecule has 1 atom stereocenters. The zero-order valence-electron chi connectivity index (χ0n) is 10.8. The molecule has 0 aliphatic heterocycles. The third-order valence-electron chi connectivity index (χ3n) is 2.85. The molecular formula is C13H18ClN3S. The lowest BCUT2D eigenvalue weighted by Crippen LogP contribution is -2.13. The highest BCUT2D eigenvalue weighted by molar-refractivity contribution is 7.98. The number of halogens is 1. The number of fused-ring (bicyclic) bond motifs is 1. The van der Waals surface area contributed by atoms with Crippen LogP contribution < -0.4 is 0 Å². The maximum Gasteiger partial charge on any atom is 0.159 e. The van der Waals surface area contributed by atoms with Crippen LogP contribution in [-0.2, 0) is 13.0 Å². The Morgan fingerprint density at radius 3 is 3.06 bits per heavy atom. The number of hydrogen-bond donors (Lipinski definition) is 0. The van der Waals surface area contributed by atoms with Crippen molar-refractivity contribution < 1.29 is 0 Å². The number of thioether (sulfide) groups is 1. The van der Waals surface area contributed by atoms with Gasteiger partial charge in [-0.15, -0.1) is 11.6 Å². The summed E-state index contributed by atoms with van der Waals surface area (Å²) < 4.78 is 2.22. The first kappa shape index (κ1) is 13.7. The van der Waals surface area contributed by atoms with Gasteiger partial charge in [0, 0.05) is 25.0 Å². The molecule has 0 bridgehead atoms. The summed E-state index contributed by atoms with van der Waals surface area (Å²) in [5.74, 6) is 3.40. The van der Waals surface area contributed by atoms with Gasteiger partial charge in [-0.05, 0) is 30.1 Å². The summed E-state index contributed by atoms with van der Waals surface area (Å²) in [5.41, 5.74) is 1.94. The van der Waals surface area contributed by atoms with Crippen LogP contribution in [0.4, 0.5) is 0 Å². The molecule has 0 aromatic carbocycles. The standard InChI is InChI=1S/C13H18ClN3S/c1-10(9-18-2)8-17-12(5-6-14)16-11-4-3-7-15-13(11)17/h3-4,7,10H,5-6,8-9H2,1-2H3. The first-order valence-electron chi connectivity index (χ1n) is 6.11. The van der Waals surface area contributed by atoms with E-state index in [1.54, 1.807) is 0 Å². The normalized spacial score (nSPS) is 13.1. The van der Waals surface area contributed by atoms with Crippen molar-refractivity contribution in [2.24, 2.45) is 5.92 Å². The van der Waals surface area contributed by atoms with E-state index in [1.165, 1.54) is 0 Å². The highest BCUT2D eigenvalue weighted by Crippen LogP contribution is 2.17. The number of hydrogen-bond acceptors (Lipinski definition) is 3. The third kappa shape index (κ3) is 2.98. The molecule has 0 aliphatic carbocycles. The van der Waals surface area contributed by atoms with E-state index in [0.717, 1.165) is 35.7 Å². The maximum atomic E-state index is 5.86. The molecule has 0 saturated heterocycles. The molecule has 0 aliphatic rings. The molecule has 0 fully saturated rings. The molecule has 3 nitrogen and oxygen atoms in total. The minimum Gasteiger partial charge on any atom is -0.312 e. The molecule has 5 heteroatoms. The molecular weight excluding hydrogens is 266 g/mol. The molecule has 2 aromatic rings. The number of alkyl halides is 1. The Hall–Kier alpha value is -0.740. The third-order valence-corrected chi connectivity index (χ3v) is 3.94. The van der Waals surface area contributed by atoms with E-state index in [4.69, 9.17) is 11.6 Å². The lowest BCUT2D eigenvalue weighted by atomic mass is 10.2. The van der Waals surface area contributed by atoms with Gasteiger partial charge in [-0.1, -0.05) is 6.92 Å². The SMILES string of the molecule is CSCC(C)Cn1c(CCCl)nc2cccnc21. The lowest BCUT2D eigenvalue weighted by Gasteiger charge is -2.13. The van der Waals surface area contributed by atoms with Gasteiger partial charge >= 0.3 is 0 Å². The number of imidazole rings is 1. The van der Waals surface area contributed by atoms with Gasteiger partial charge in [0.25, 0.3) is 0 Å². The van der Waals surface area contributed by atoms with Gasteiger partial charge < -0.3 is 4.57 Å². The van der Waals surface area contributed by atoms with E-state index >= 15 is 0 Å². The predicted octanol–water partition coefficient (Wildman–Crippen LogP) is 3.21. The molecule has 0 saturated carbocycles. The van der Waals surface area contributed by atoms with Crippen LogP contribution in [0.2, 0.25) is 0 Å². The van der Waals surface area contributed by atoms with Gasteiger partial charge in [0.15, 0.2) is 5.65 Å². The Labute approximate surface area is 117 Å². The average Bonchev–Trinajstić information content (AvgIpc) is 2.69. The molecule has 2 heterocycles. The van der Waals surface area contributed by atoms with Crippen LogP contribution in [0.25, 0.3) is 11.2 Å². The molecule has 0 spiro atoms. The second-order valence-electron chi connectivity index (χ2n) is 4.48. The van der Waals surface area contributed by atoms with E-state index in [1.807, 2.05) is 30.1 Å². The fraction of sp³-hybridized carbons (Fsp3) is 0.538. The van der Waals surface area contributed by atoms with Crippen molar-refractivity contribution in [1.29, 1.82) is 0 Å². The van der Waals surface area contributed by atoms with E-state index < -0.39 is 0 Å². The summed E-state index contributed by atoms with van der Waals surface area (Å²) >= 11 is 7.73. The van der Waals surface area contributed by atoms with Crippen molar-refractivity contribution in [3.63, 3.8) is 0 Å². The van der Waals surface area contributed by atoms with Crippen LogP contribution in [0.15, 0.2) is 18.3 Å².